The Kier molecular flexibility index (Phi) is 2.81. The van der Waals surface area contributed by atoms with Crippen molar-refractivity contribution in [1.29, 1.82) is 0 Å². The van der Waals surface area contributed by atoms with E-state index in [4.69, 9.17) is 4.74 Å². The SMILES string of the molecule is O=C1CCCC12OC1CC(c3ccccc3)[C@@H]2c2ccccc21. The van der Waals surface area contributed by atoms with Gasteiger partial charge in [0.1, 0.15) is 5.60 Å². The van der Waals surface area contributed by atoms with Gasteiger partial charge in [-0.05, 0) is 41.9 Å². The number of hydrogen-bond acceptors (Lipinski definition) is 2. The third-order valence-corrected chi connectivity index (χ3v) is 6.06. The second-order valence-corrected chi connectivity index (χ2v) is 7.13. The van der Waals surface area contributed by atoms with Gasteiger partial charge < -0.3 is 4.74 Å². The molecule has 0 amide bonds. The molecule has 116 valence electrons. The molecule has 0 radical (unpaired) electrons. The molecule has 4 atom stereocenters. The standard InChI is InChI=1S/C21H20O2/c22-19-11-6-12-21(19)20-16-10-5-4-9-15(16)18(23-21)13-17(20)14-7-2-1-3-8-14/h1-5,7-10,17-18,20H,6,11-13H2/t17?,18?,20-,21?/m0/s1. The van der Waals surface area contributed by atoms with Crippen LogP contribution in [0.4, 0.5) is 0 Å². The van der Waals surface area contributed by atoms with Gasteiger partial charge in [-0.3, -0.25) is 4.79 Å². The van der Waals surface area contributed by atoms with Crippen LogP contribution in [0.2, 0.25) is 0 Å². The maximum absolute atomic E-state index is 12.8. The highest BCUT2D eigenvalue weighted by atomic mass is 16.5. The lowest BCUT2D eigenvalue weighted by Gasteiger charge is -2.54. The zero-order valence-corrected chi connectivity index (χ0v) is 13.1. The zero-order valence-electron chi connectivity index (χ0n) is 13.1. The van der Waals surface area contributed by atoms with E-state index in [1.165, 1.54) is 16.7 Å². The Morgan fingerprint density at radius 1 is 0.957 bits per heavy atom. The van der Waals surface area contributed by atoms with Gasteiger partial charge >= 0.3 is 0 Å². The Bertz CT molecular complexity index is 766. The summed E-state index contributed by atoms with van der Waals surface area (Å²) in [6.45, 7) is 0. The number of benzene rings is 2. The van der Waals surface area contributed by atoms with Crippen molar-refractivity contribution in [3.05, 3.63) is 71.3 Å². The molecule has 3 unspecified atom stereocenters. The summed E-state index contributed by atoms with van der Waals surface area (Å²) in [4.78, 5) is 12.8. The zero-order chi connectivity index (χ0) is 15.4. The summed E-state index contributed by atoms with van der Waals surface area (Å²) < 4.78 is 6.47. The predicted octanol–water partition coefficient (Wildman–Crippen LogP) is 4.52. The normalized spacial score (nSPS) is 34.8. The minimum Gasteiger partial charge on any atom is -0.359 e. The van der Waals surface area contributed by atoms with Crippen molar-refractivity contribution in [3.63, 3.8) is 0 Å². The fourth-order valence-electron chi connectivity index (χ4n) is 5.16. The summed E-state index contributed by atoms with van der Waals surface area (Å²) >= 11 is 0. The molecule has 0 aromatic heterocycles. The van der Waals surface area contributed by atoms with Crippen molar-refractivity contribution in [2.24, 2.45) is 0 Å². The Balaban J connectivity index is 1.71. The molecular formula is C21H20O2. The van der Waals surface area contributed by atoms with E-state index in [0.29, 0.717) is 18.1 Å². The quantitative estimate of drug-likeness (QED) is 0.774. The Morgan fingerprint density at radius 2 is 1.70 bits per heavy atom. The van der Waals surface area contributed by atoms with Gasteiger partial charge in [0.05, 0.1) is 6.10 Å². The molecule has 2 heteroatoms. The van der Waals surface area contributed by atoms with Crippen LogP contribution < -0.4 is 0 Å². The molecule has 23 heavy (non-hydrogen) atoms. The third kappa shape index (κ3) is 1.76. The number of Topliss-reactive ketones (excluding diaryl/α,β-unsaturated/α-hetero) is 1. The fourth-order valence-corrected chi connectivity index (χ4v) is 5.16. The minimum atomic E-state index is -0.572. The van der Waals surface area contributed by atoms with Gasteiger partial charge in [-0.15, -0.1) is 0 Å². The van der Waals surface area contributed by atoms with E-state index in [1.54, 1.807) is 0 Å². The molecule has 2 aromatic carbocycles. The van der Waals surface area contributed by atoms with Gasteiger partial charge in [0.15, 0.2) is 5.78 Å². The number of carbonyl (C=O) groups excluding carboxylic acids is 1. The molecule has 2 aliphatic heterocycles. The van der Waals surface area contributed by atoms with Crippen LogP contribution in [0.3, 0.4) is 0 Å². The van der Waals surface area contributed by atoms with Crippen molar-refractivity contribution in [1.82, 2.24) is 0 Å². The smallest absolute Gasteiger partial charge is 0.165 e. The van der Waals surface area contributed by atoms with Gasteiger partial charge in [-0.1, -0.05) is 54.6 Å². The van der Waals surface area contributed by atoms with E-state index in [9.17, 15) is 4.79 Å². The summed E-state index contributed by atoms with van der Waals surface area (Å²) in [5.41, 5.74) is 3.42. The highest BCUT2D eigenvalue weighted by Crippen LogP contribution is 2.62. The minimum absolute atomic E-state index is 0.0588. The number of hydrogen-bond donors (Lipinski definition) is 0. The van der Waals surface area contributed by atoms with Crippen LogP contribution in [-0.4, -0.2) is 11.4 Å². The van der Waals surface area contributed by atoms with Crippen molar-refractivity contribution < 1.29 is 9.53 Å². The van der Waals surface area contributed by atoms with E-state index in [2.05, 4.69) is 54.6 Å². The van der Waals surface area contributed by atoms with Gasteiger partial charge in [0.2, 0.25) is 0 Å². The van der Waals surface area contributed by atoms with Crippen LogP contribution in [0.5, 0.6) is 0 Å². The summed E-state index contributed by atoms with van der Waals surface area (Å²) in [6.07, 6.45) is 3.56. The number of rotatable bonds is 1. The average molecular weight is 304 g/mol. The van der Waals surface area contributed by atoms with E-state index >= 15 is 0 Å². The van der Waals surface area contributed by atoms with Gasteiger partial charge in [-0.2, -0.15) is 0 Å². The van der Waals surface area contributed by atoms with Crippen LogP contribution in [0.1, 0.15) is 60.3 Å². The summed E-state index contributed by atoms with van der Waals surface area (Å²) in [6, 6.07) is 19.3. The van der Waals surface area contributed by atoms with E-state index < -0.39 is 5.60 Å². The number of fused-ring (bicyclic) bond motifs is 1. The Labute approximate surface area is 136 Å². The molecule has 6 rings (SSSR count). The first-order chi connectivity index (χ1) is 11.3. The molecule has 1 saturated heterocycles. The molecule has 1 saturated carbocycles. The molecule has 2 heterocycles. The molecule has 4 aliphatic rings. The van der Waals surface area contributed by atoms with Crippen LogP contribution in [0.25, 0.3) is 0 Å². The van der Waals surface area contributed by atoms with Crippen molar-refractivity contribution in [2.45, 2.75) is 49.2 Å². The first-order valence-electron chi connectivity index (χ1n) is 8.64. The maximum atomic E-state index is 12.8. The molecule has 2 aromatic rings. The fraction of sp³-hybridized carbons (Fsp3) is 0.381. The summed E-state index contributed by atoms with van der Waals surface area (Å²) in [5, 5.41) is 0. The molecule has 2 aliphatic carbocycles. The van der Waals surface area contributed by atoms with E-state index in [1.807, 2.05) is 0 Å². The maximum Gasteiger partial charge on any atom is 0.165 e. The van der Waals surface area contributed by atoms with Crippen LogP contribution in [-0.2, 0) is 9.53 Å². The monoisotopic (exact) mass is 304 g/mol. The topological polar surface area (TPSA) is 26.3 Å². The highest BCUT2D eigenvalue weighted by Gasteiger charge is 2.60. The molecule has 0 N–H and O–H groups in total. The molecule has 2 bridgehead atoms. The van der Waals surface area contributed by atoms with Crippen LogP contribution >= 0.6 is 0 Å². The predicted molar refractivity (Wildman–Crippen MR) is 88.4 cm³/mol. The Morgan fingerprint density at radius 3 is 2.43 bits per heavy atom. The largest absolute Gasteiger partial charge is 0.359 e. The van der Waals surface area contributed by atoms with Crippen LogP contribution in [0.15, 0.2) is 54.6 Å². The molecule has 2 fully saturated rings. The molecule has 2 nitrogen and oxygen atoms in total. The summed E-state index contributed by atoms with van der Waals surface area (Å²) in [7, 11) is 0. The number of ketones is 1. The van der Waals surface area contributed by atoms with E-state index in [-0.39, 0.29) is 12.0 Å². The number of carbonyl (C=O) groups is 1. The summed E-state index contributed by atoms with van der Waals surface area (Å²) in [5.74, 6) is 0.871. The first-order valence-corrected chi connectivity index (χ1v) is 8.64. The molecule has 1 spiro atoms. The lowest BCUT2D eigenvalue weighted by atomic mass is 9.60. The lowest BCUT2D eigenvalue weighted by molar-refractivity contribution is -0.176. The van der Waals surface area contributed by atoms with Crippen LogP contribution in [0, 0.1) is 0 Å². The van der Waals surface area contributed by atoms with Crippen molar-refractivity contribution >= 4 is 5.78 Å². The number of ether oxygens (including phenoxy) is 1. The van der Waals surface area contributed by atoms with Gasteiger partial charge in [0.25, 0.3) is 0 Å². The van der Waals surface area contributed by atoms with Gasteiger partial charge in [0, 0.05) is 12.3 Å². The Hall–Kier alpha value is -1.93. The van der Waals surface area contributed by atoms with Gasteiger partial charge in [-0.25, -0.2) is 0 Å². The second-order valence-electron chi connectivity index (χ2n) is 7.13. The van der Waals surface area contributed by atoms with Crippen molar-refractivity contribution in [2.75, 3.05) is 0 Å². The van der Waals surface area contributed by atoms with Crippen molar-refractivity contribution in [3.8, 4) is 0 Å². The second kappa shape index (κ2) is 4.78. The first kappa shape index (κ1) is 13.5. The third-order valence-electron chi connectivity index (χ3n) is 6.06. The van der Waals surface area contributed by atoms with E-state index in [0.717, 1.165) is 19.3 Å². The lowest BCUT2D eigenvalue weighted by Crippen LogP contribution is -2.53. The highest BCUT2D eigenvalue weighted by molar-refractivity contribution is 5.91. The average Bonchev–Trinajstić information content (AvgIpc) is 2.96. The molecular weight excluding hydrogens is 284 g/mol.